The quantitative estimate of drug-likeness (QED) is 0.319. The van der Waals surface area contributed by atoms with Crippen LogP contribution < -0.4 is 0 Å². The Hall–Kier alpha value is -1.58. The van der Waals surface area contributed by atoms with Gasteiger partial charge in [0.25, 0.3) is 0 Å². The zero-order valence-corrected chi connectivity index (χ0v) is 18.3. The Morgan fingerprint density at radius 2 is 1.28 bits per heavy atom. The van der Waals surface area contributed by atoms with Crippen molar-refractivity contribution < 1.29 is 19.1 Å². The van der Waals surface area contributed by atoms with Crippen LogP contribution in [0.5, 0.6) is 0 Å². The lowest BCUT2D eigenvalue weighted by atomic mass is 9.68. The van der Waals surface area contributed by atoms with Crippen molar-refractivity contribution in [1.82, 2.24) is 0 Å². The number of ether oxygens (including phenoxy) is 2. The molecule has 2 saturated carbocycles. The average Bonchev–Trinajstić information content (AvgIpc) is 2.76. The van der Waals surface area contributed by atoms with Gasteiger partial charge in [-0.1, -0.05) is 58.6 Å². The SMILES string of the molecule is C=CC(=O)OCC(COC(=O)C=C)C[C@H]1CC[C@H](C2CCC(CCC)CC2)CC1. The molecule has 0 heterocycles. The van der Waals surface area contributed by atoms with Crippen molar-refractivity contribution in [2.24, 2.45) is 29.6 Å². The summed E-state index contributed by atoms with van der Waals surface area (Å²) in [4.78, 5) is 22.8. The number of carbonyl (C=O) groups is 2. The molecule has 2 aliphatic rings. The Bertz CT molecular complexity index is 501. The summed E-state index contributed by atoms with van der Waals surface area (Å²) in [5.41, 5.74) is 0. The highest BCUT2D eigenvalue weighted by Crippen LogP contribution is 2.43. The molecule has 2 rings (SSSR count). The lowest BCUT2D eigenvalue weighted by Gasteiger charge is -2.38. The zero-order chi connectivity index (χ0) is 21.1. The van der Waals surface area contributed by atoms with Gasteiger partial charge in [-0.15, -0.1) is 0 Å². The number of hydrogen-bond donors (Lipinski definition) is 0. The lowest BCUT2D eigenvalue weighted by Crippen LogP contribution is -2.28. The molecule has 0 aliphatic heterocycles. The molecular weight excluding hydrogens is 364 g/mol. The van der Waals surface area contributed by atoms with Crippen molar-refractivity contribution >= 4 is 11.9 Å². The standard InChI is InChI=1S/C25H40O4/c1-4-7-19-8-12-22(13-9-19)23-14-10-20(11-15-23)16-21(17-28-24(26)5-2)18-29-25(27)6-3/h5-6,19-23H,2-4,7-18H2,1H3/t19?,20-,22?,23-. The second kappa shape index (κ2) is 12.9. The van der Waals surface area contributed by atoms with Crippen LogP contribution in [0.2, 0.25) is 0 Å². The minimum absolute atomic E-state index is 0.0360. The molecule has 0 spiro atoms. The molecule has 4 nitrogen and oxygen atoms in total. The molecule has 0 radical (unpaired) electrons. The van der Waals surface area contributed by atoms with Crippen molar-refractivity contribution in [2.45, 2.75) is 77.6 Å². The molecule has 2 fully saturated rings. The van der Waals surface area contributed by atoms with E-state index >= 15 is 0 Å². The predicted molar refractivity (Wildman–Crippen MR) is 116 cm³/mol. The molecule has 4 heteroatoms. The normalized spacial score (nSPS) is 27.2. The molecule has 0 saturated heterocycles. The van der Waals surface area contributed by atoms with Crippen LogP contribution in [0, 0.1) is 29.6 Å². The summed E-state index contributed by atoms with van der Waals surface area (Å²) in [6.45, 7) is 9.72. The molecule has 0 amide bonds. The van der Waals surface area contributed by atoms with E-state index in [2.05, 4.69) is 20.1 Å². The van der Waals surface area contributed by atoms with Crippen LogP contribution in [-0.2, 0) is 19.1 Å². The first-order chi connectivity index (χ1) is 14.0. The van der Waals surface area contributed by atoms with Gasteiger partial charge in [-0.25, -0.2) is 9.59 Å². The van der Waals surface area contributed by atoms with E-state index in [0.717, 1.165) is 24.2 Å². The summed E-state index contributed by atoms with van der Waals surface area (Å²) in [6.07, 6.45) is 16.9. The first kappa shape index (κ1) is 23.7. The number of hydrogen-bond acceptors (Lipinski definition) is 4. The van der Waals surface area contributed by atoms with E-state index in [1.165, 1.54) is 76.4 Å². The molecule has 0 bridgehead atoms. The third-order valence-electron chi connectivity index (χ3n) is 7.07. The summed E-state index contributed by atoms with van der Waals surface area (Å²) in [6, 6.07) is 0. The molecule has 0 aromatic rings. The summed E-state index contributed by atoms with van der Waals surface area (Å²) in [5.74, 6) is 2.61. The summed E-state index contributed by atoms with van der Waals surface area (Å²) in [5, 5.41) is 0. The smallest absolute Gasteiger partial charge is 0.330 e. The maximum atomic E-state index is 11.4. The monoisotopic (exact) mass is 404 g/mol. The van der Waals surface area contributed by atoms with Gasteiger partial charge < -0.3 is 9.47 Å². The Morgan fingerprint density at radius 3 is 1.69 bits per heavy atom. The molecule has 0 unspecified atom stereocenters. The van der Waals surface area contributed by atoms with E-state index < -0.39 is 11.9 Å². The van der Waals surface area contributed by atoms with E-state index in [9.17, 15) is 9.59 Å². The van der Waals surface area contributed by atoms with Crippen LogP contribution in [0.3, 0.4) is 0 Å². The van der Waals surface area contributed by atoms with Crippen molar-refractivity contribution in [3.05, 3.63) is 25.3 Å². The highest BCUT2D eigenvalue weighted by Gasteiger charge is 2.31. The van der Waals surface area contributed by atoms with Crippen molar-refractivity contribution in [3.63, 3.8) is 0 Å². The van der Waals surface area contributed by atoms with E-state index in [1.807, 2.05) is 0 Å². The molecule has 164 valence electrons. The topological polar surface area (TPSA) is 52.6 Å². The van der Waals surface area contributed by atoms with Gasteiger partial charge in [0.05, 0.1) is 13.2 Å². The molecule has 0 N–H and O–H groups in total. The fourth-order valence-electron chi connectivity index (χ4n) is 5.43. The summed E-state index contributed by atoms with van der Waals surface area (Å²) < 4.78 is 10.5. The molecule has 2 aliphatic carbocycles. The van der Waals surface area contributed by atoms with E-state index in [1.54, 1.807) is 0 Å². The molecule has 0 aromatic carbocycles. The second-order valence-electron chi connectivity index (χ2n) is 9.12. The van der Waals surface area contributed by atoms with Gasteiger partial charge in [-0.3, -0.25) is 0 Å². The van der Waals surface area contributed by atoms with E-state index in [0.29, 0.717) is 5.92 Å². The van der Waals surface area contributed by atoms with Gasteiger partial charge >= 0.3 is 11.9 Å². The van der Waals surface area contributed by atoms with Crippen LogP contribution in [-0.4, -0.2) is 25.2 Å². The number of carbonyl (C=O) groups excluding carboxylic acids is 2. The Morgan fingerprint density at radius 1 is 0.828 bits per heavy atom. The van der Waals surface area contributed by atoms with Crippen molar-refractivity contribution in [2.75, 3.05) is 13.2 Å². The van der Waals surface area contributed by atoms with E-state index in [-0.39, 0.29) is 19.1 Å². The van der Waals surface area contributed by atoms with Crippen molar-refractivity contribution in [1.29, 1.82) is 0 Å². The maximum absolute atomic E-state index is 11.4. The summed E-state index contributed by atoms with van der Waals surface area (Å²) >= 11 is 0. The van der Waals surface area contributed by atoms with E-state index in [4.69, 9.17) is 9.47 Å². The van der Waals surface area contributed by atoms with Crippen LogP contribution in [0.15, 0.2) is 25.3 Å². The lowest BCUT2D eigenvalue weighted by molar-refractivity contribution is -0.143. The third kappa shape index (κ3) is 8.36. The highest BCUT2D eigenvalue weighted by molar-refractivity contribution is 5.81. The van der Waals surface area contributed by atoms with Crippen LogP contribution in [0.1, 0.15) is 77.6 Å². The second-order valence-corrected chi connectivity index (χ2v) is 9.12. The van der Waals surface area contributed by atoms with Crippen molar-refractivity contribution in [3.8, 4) is 0 Å². The molecule has 0 aromatic heterocycles. The Labute approximate surface area is 177 Å². The third-order valence-corrected chi connectivity index (χ3v) is 7.07. The molecular formula is C25H40O4. The number of esters is 2. The summed E-state index contributed by atoms with van der Waals surface area (Å²) in [7, 11) is 0. The predicted octanol–water partition coefficient (Wildman–Crippen LogP) is 5.86. The first-order valence-electron chi connectivity index (χ1n) is 11.6. The Kier molecular flexibility index (Phi) is 10.5. The van der Waals surface area contributed by atoms with Gasteiger partial charge in [0.1, 0.15) is 0 Å². The fraction of sp³-hybridized carbons (Fsp3) is 0.760. The minimum Gasteiger partial charge on any atom is -0.462 e. The zero-order valence-electron chi connectivity index (χ0n) is 18.3. The maximum Gasteiger partial charge on any atom is 0.330 e. The first-order valence-corrected chi connectivity index (χ1v) is 11.6. The highest BCUT2D eigenvalue weighted by atomic mass is 16.5. The number of rotatable bonds is 11. The van der Waals surface area contributed by atoms with Crippen LogP contribution >= 0.6 is 0 Å². The van der Waals surface area contributed by atoms with Gasteiger partial charge in [-0.05, 0) is 55.8 Å². The van der Waals surface area contributed by atoms with Gasteiger partial charge in [0, 0.05) is 18.1 Å². The minimum atomic E-state index is -0.424. The van der Waals surface area contributed by atoms with Crippen LogP contribution in [0.4, 0.5) is 0 Å². The van der Waals surface area contributed by atoms with Gasteiger partial charge in [0.2, 0.25) is 0 Å². The molecule has 29 heavy (non-hydrogen) atoms. The Balaban J connectivity index is 1.76. The average molecular weight is 405 g/mol. The largest absolute Gasteiger partial charge is 0.462 e. The molecule has 0 atom stereocenters. The van der Waals surface area contributed by atoms with Gasteiger partial charge in [-0.2, -0.15) is 0 Å². The fourth-order valence-corrected chi connectivity index (χ4v) is 5.43. The van der Waals surface area contributed by atoms with Gasteiger partial charge in [0.15, 0.2) is 0 Å². The van der Waals surface area contributed by atoms with Crippen LogP contribution in [0.25, 0.3) is 0 Å².